The second-order valence-electron chi connectivity index (χ2n) is 16.3. The van der Waals surface area contributed by atoms with Gasteiger partial charge in [-0.2, -0.15) is 0 Å². The summed E-state index contributed by atoms with van der Waals surface area (Å²) in [5.74, 6) is -3.70. The number of carbonyl (C=O) groups is 3. The summed E-state index contributed by atoms with van der Waals surface area (Å²) in [7, 11) is 0. The molecule has 5 aromatic carbocycles. The van der Waals surface area contributed by atoms with E-state index in [1.807, 2.05) is 60.7 Å². The number of carbonyl (C=O) groups excluding carboxylic acids is 3. The standard InChI is InChI=1S/C51H49NO13/c1-52-27-28-57-49-42(63-46(55)36-23-13-5-14-24-36)40-44(51(40,65-47(56)37-25-15-6-16-26-37)38(62-49)31-59-45(54)35-21-11-4-12-22-35)64-48-41(53)39-43(58-29-33-17-7-2-8-18-33)50(39,32-60-48)61-30-34-19-9-3-10-20-34/h2-26,38-44,48-49,53H,1,27-32H2/t38?,39?,40?,41?,42?,43?,44?,48-,49-,50-,51?/m1/s1. The molecular formula is C51H49NO13. The van der Waals surface area contributed by atoms with E-state index < -0.39 is 90.7 Å². The molecule has 2 saturated heterocycles. The largest absolute Gasteiger partial charge is 0.459 e. The minimum Gasteiger partial charge on any atom is -0.459 e. The summed E-state index contributed by atoms with van der Waals surface area (Å²) < 4.78 is 57.5. The number of benzene rings is 5. The zero-order chi connectivity index (χ0) is 44.8. The molecule has 4 aliphatic rings. The molecule has 336 valence electrons. The number of aliphatic hydroxyl groups is 1. The third-order valence-corrected chi connectivity index (χ3v) is 12.3. The van der Waals surface area contributed by atoms with Crippen LogP contribution in [0.25, 0.3) is 0 Å². The zero-order valence-electron chi connectivity index (χ0n) is 35.4. The molecule has 8 unspecified atom stereocenters. The Bertz CT molecular complexity index is 2390. The first kappa shape index (κ1) is 44.1. The lowest BCUT2D eigenvalue weighted by Gasteiger charge is -2.39. The lowest BCUT2D eigenvalue weighted by molar-refractivity contribution is -0.274. The van der Waals surface area contributed by atoms with Gasteiger partial charge in [0.15, 0.2) is 24.3 Å². The van der Waals surface area contributed by atoms with Crippen molar-refractivity contribution in [1.82, 2.24) is 0 Å². The fourth-order valence-corrected chi connectivity index (χ4v) is 8.96. The van der Waals surface area contributed by atoms with Gasteiger partial charge in [0, 0.05) is 0 Å². The van der Waals surface area contributed by atoms with Gasteiger partial charge in [0.05, 0.1) is 67.6 Å². The van der Waals surface area contributed by atoms with Gasteiger partial charge in [-0.3, -0.25) is 4.99 Å². The Morgan fingerprint density at radius 2 is 1.22 bits per heavy atom. The van der Waals surface area contributed by atoms with E-state index >= 15 is 0 Å². The smallest absolute Gasteiger partial charge is 0.338 e. The average Bonchev–Trinajstić information content (AvgIpc) is 4.22. The Balaban J connectivity index is 1.05. The van der Waals surface area contributed by atoms with E-state index in [9.17, 15) is 19.5 Å². The molecule has 2 aliphatic heterocycles. The second-order valence-corrected chi connectivity index (χ2v) is 16.3. The lowest BCUT2D eigenvalue weighted by Crippen LogP contribution is -2.55. The van der Waals surface area contributed by atoms with Crippen molar-refractivity contribution in [2.24, 2.45) is 16.8 Å². The van der Waals surface area contributed by atoms with Gasteiger partial charge in [-0.05, 0) is 54.2 Å². The maximum atomic E-state index is 14.2. The molecule has 2 aliphatic carbocycles. The van der Waals surface area contributed by atoms with E-state index in [-0.39, 0.29) is 49.7 Å². The van der Waals surface area contributed by atoms with Crippen LogP contribution in [0.5, 0.6) is 0 Å². The van der Waals surface area contributed by atoms with Gasteiger partial charge in [0.2, 0.25) is 0 Å². The van der Waals surface area contributed by atoms with Gasteiger partial charge in [-0.15, -0.1) is 0 Å². The van der Waals surface area contributed by atoms with Crippen LogP contribution in [0, 0.1) is 11.8 Å². The van der Waals surface area contributed by atoms with Crippen LogP contribution >= 0.6 is 0 Å². The number of rotatable bonds is 19. The molecule has 9 rings (SSSR count). The van der Waals surface area contributed by atoms with Crippen molar-refractivity contribution in [3.63, 3.8) is 0 Å². The number of esters is 3. The summed E-state index contributed by atoms with van der Waals surface area (Å²) in [6, 6.07) is 44.4. The monoisotopic (exact) mass is 883 g/mol. The van der Waals surface area contributed by atoms with E-state index in [2.05, 4.69) is 11.7 Å². The molecule has 0 radical (unpaired) electrons. The summed E-state index contributed by atoms with van der Waals surface area (Å²) in [6.07, 6.45) is -8.18. The molecule has 65 heavy (non-hydrogen) atoms. The molecule has 0 aromatic heterocycles. The maximum Gasteiger partial charge on any atom is 0.338 e. The van der Waals surface area contributed by atoms with Crippen molar-refractivity contribution >= 4 is 24.6 Å². The van der Waals surface area contributed by atoms with Crippen LogP contribution in [0.4, 0.5) is 0 Å². The highest BCUT2D eigenvalue weighted by atomic mass is 16.8. The molecule has 2 heterocycles. The van der Waals surface area contributed by atoms with E-state index in [0.717, 1.165) is 11.1 Å². The summed E-state index contributed by atoms with van der Waals surface area (Å²) in [4.78, 5) is 45.4. The summed E-state index contributed by atoms with van der Waals surface area (Å²) in [5, 5.41) is 12.2. The van der Waals surface area contributed by atoms with Crippen LogP contribution < -0.4 is 0 Å². The van der Waals surface area contributed by atoms with Gasteiger partial charge >= 0.3 is 17.9 Å². The highest BCUT2D eigenvalue weighted by Gasteiger charge is 2.83. The normalized spacial score (nSPS) is 29.6. The first-order valence-electron chi connectivity index (χ1n) is 21.6. The second kappa shape index (κ2) is 19.6. The van der Waals surface area contributed by atoms with Crippen LogP contribution in [-0.4, -0.2) is 110 Å². The Morgan fingerprint density at radius 3 is 1.82 bits per heavy atom. The Kier molecular flexibility index (Phi) is 13.3. The van der Waals surface area contributed by atoms with Gasteiger partial charge in [0.25, 0.3) is 0 Å². The molecular weight excluding hydrogens is 835 g/mol. The molecule has 4 fully saturated rings. The van der Waals surface area contributed by atoms with Crippen molar-refractivity contribution in [2.45, 2.75) is 67.5 Å². The Morgan fingerprint density at radius 1 is 0.662 bits per heavy atom. The van der Waals surface area contributed by atoms with Gasteiger partial charge in [-0.1, -0.05) is 115 Å². The minimum absolute atomic E-state index is 0.0127. The minimum atomic E-state index is -1.78. The number of ether oxygens (including phenoxy) is 9. The van der Waals surface area contributed by atoms with E-state index in [0.29, 0.717) is 0 Å². The summed E-state index contributed by atoms with van der Waals surface area (Å²) in [6.45, 7) is 3.80. The van der Waals surface area contributed by atoms with Crippen molar-refractivity contribution in [3.8, 4) is 0 Å². The molecule has 1 N–H and O–H groups in total. The van der Waals surface area contributed by atoms with Crippen molar-refractivity contribution in [1.29, 1.82) is 0 Å². The van der Waals surface area contributed by atoms with Gasteiger partial charge in [0.1, 0.15) is 30.5 Å². The van der Waals surface area contributed by atoms with Crippen LogP contribution in [0.2, 0.25) is 0 Å². The first-order chi connectivity index (χ1) is 31.8. The van der Waals surface area contributed by atoms with Crippen LogP contribution in [0.15, 0.2) is 157 Å². The lowest BCUT2D eigenvalue weighted by atomic mass is 10.0. The number of fused-ring (bicyclic) bond motifs is 2. The van der Waals surface area contributed by atoms with E-state index in [1.165, 1.54) is 0 Å². The number of hydrogen-bond donors (Lipinski definition) is 1. The van der Waals surface area contributed by atoms with E-state index in [1.54, 1.807) is 91.0 Å². The van der Waals surface area contributed by atoms with Crippen molar-refractivity contribution in [2.75, 3.05) is 26.4 Å². The number of aliphatic imine (C=N–C) groups is 1. The Labute approximate surface area is 375 Å². The number of hydrogen-bond acceptors (Lipinski definition) is 14. The highest BCUT2D eigenvalue weighted by Crippen LogP contribution is 2.62. The molecule has 0 amide bonds. The highest BCUT2D eigenvalue weighted by molar-refractivity contribution is 5.91. The van der Waals surface area contributed by atoms with Crippen LogP contribution in [-0.2, 0) is 55.8 Å². The van der Waals surface area contributed by atoms with Gasteiger partial charge in [-0.25, -0.2) is 14.4 Å². The fraction of sp³-hybridized carbons (Fsp3) is 0.333. The summed E-state index contributed by atoms with van der Waals surface area (Å²) >= 11 is 0. The maximum absolute atomic E-state index is 14.2. The molecule has 0 bridgehead atoms. The van der Waals surface area contributed by atoms with Crippen LogP contribution in [0.1, 0.15) is 42.2 Å². The molecule has 14 heteroatoms. The predicted molar refractivity (Wildman–Crippen MR) is 233 cm³/mol. The third-order valence-electron chi connectivity index (χ3n) is 12.3. The molecule has 2 saturated carbocycles. The summed E-state index contributed by atoms with van der Waals surface area (Å²) in [5.41, 5.74) is -0.179. The topological polar surface area (TPSA) is 167 Å². The third kappa shape index (κ3) is 9.24. The fourth-order valence-electron chi connectivity index (χ4n) is 8.96. The van der Waals surface area contributed by atoms with Gasteiger partial charge < -0.3 is 47.7 Å². The number of aliphatic hydroxyl groups excluding tert-OH is 1. The predicted octanol–water partition coefficient (Wildman–Crippen LogP) is 6.01. The molecule has 5 aromatic rings. The molecule has 14 nitrogen and oxygen atoms in total. The number of nitrogens with zero attached hydrogens (tertiary/aromatic N) is 1. The van der Waals surface area contributed by atoms with E-state index in [4.69, 9.17) is 42.6 Å². The van der Waals surface area contributed by atoms with Crippen molar-refractivity contribution < 1.29 is 62.1 Å². The zero-order valence-corrected chi connectivity index (χ0v) is 35.4. The average molecular weight is 884 g/mol. The molecule has 0 spiro atoms. The van der Waals surface area contributed by atoms with Crippen LogP contribution in [0.3, 0.4) is 0 Å². The first-order valence-corrected chi connectivity index (χ1v) is 21.6. The quantitative estimate of drug-likeness (QED) is 0.0444. The SMILES string of the molecule is C=NCCO[C@@H]1OC(COC(=O)c2ccccc2)C2(OC(=O)c3ccccc3)C(O[C@H]3OC[C@]4(OCc5ccccc5)C(OCc5ccccc5)C4C3O)C2C1OC(=O)c1ccccc1. The molecule has 11 atom stereocenters. The van der Waals surface area contributed by atoms with Crippen molar-refractivity contribution in [3.05, 3.63) is 179 Å². The Hall–Kier alpha value is -6.10.